The summed E-state index contributed by atoms with van der Waals surface area (Å²) in [7, 11) is 0. The molecule has 2 aliphatic rings. The van der Waals surface area contributed by atoms with Crippen molar-refractivity contribution < 1.29 is 14.4 Å². The van der Waals surface area contributed by atoms with E-state index in [4.69, 9.17) is 0 Å². The van der Waals surface area contributed by atoms with Gasteiger partial charge in [-0.15, -0.1) is 11.3 Å². The SMILES string of the molecule is Cc1ccsc1C(=O)N1CCC2(C1)NC(=O)NC2=O. The zero-order chi connectivity index (χ0) is 13.6. The Bertz CT molecular complexity index is 583. The fourth-order valence-electron chi connectivity index (χ4n) is 2.53. The Morgan fingerprint density at radius 2 is 2.26 bits per heavy atom. The van der Waals surface area contributed by atoms with Gasteiger partial charge in [-0.25, -0.2) is 4.79 Å². The lowest BCUT2D eigenvalue weighted by molar-refractivity contribution is -0.123. The normalized spacial score (nSPS) is 25.8. The van der Waals surface area contributed by atoms with Crippen molar-refractivity contribution in [3.63, 3.8) is 0 Å². The minimum atomic E-state index is -0.933. The van der Waals surface area contributed by atoms with Crippen molar-refractivity contribution in [1.29, 1.82) is 0 Å². The summed E-state index contributed by atoms with van der Waals surface area (Å²) in [6, 6.07) is 1.42. The minimum Gasteiger partial charge on any atom is -0.335 e. The quantitative estimate of drug-likeness (QED) is 0.734. The third-order valence-electron chi connectivity index (χ3n) is 3.63. The highest BCUT2D eigenvalue weighted by molar-refractivity contribution is 7.12. The largest absolute Gasteiger partial charge is 0.335 e. The molecule has 2 aliphatic heterocycles. The van der Waals surface area contributed by atoms with Crippen molar-refractivity contribution >= 4 is 29.2 Å². The highest BCUT2D eigenvalue weighted by Gasteiger charge is 2.51. The number of aryl methyl sites for hydroxylation is 1. The Balaban J connectivity index is 1.80. The molecule has 0 radical (unpaired) electrons. The van der Waals surface area contributed by atoms with Gasteiger partial charge < -0.3 is 10.2 Å². The highest BCUT2D eigenvalue weighted by atomic mass is 32.1. The molecule has 1 atom stereocenters. The molecule has 1 aromatic heterocycles. The van der Waals surface area contributed by atoms with Crippen LogP contribution in [0.5, 0.6) is 0 Å². The Morgan fingerprint density at radius 1 is 1.47 bits per heavy atom. The van der Waals surface area contributed by atoms with Crippen LogP contribution in [0.1, 0.15) is 21.7 Å². The number of nitrogens with zero attached hydrogens (tertiary/aromatic N) is 1. The van der Waals surface area contributed by atoms with E-state index in [1.165, 1.54) is 11.3 Å². The van der Waals surface area contributed by atoms with Gasteiger partial charge in [-0.3, -0.25) is 14.9 Å². The first-order valence-electron chi connectivity index (χ1n) is 5.99. The van der Waals surface area contributed by atoms with Crippen LogP contribution in [0.4, 0.5) is 4.79 Å². The van der Waals surface area contributed by atoms with Crippen LogP contribution in [-0.4, -0.2) is 41.4 Å². The summed E-state index contributed by atoms with van der Waals surface area (Å²) in [5.41, 5.74) is 0.00798. The summed E-state index contributed by atoms with van der Waals surface area (Å²) in [6.07, 6.45) is 0.459. The van der Waals surface area contributed by atoms with E-state index in [0.29, 0.717) is 17.8 Å². The molecular weight excluding hydrogens is 266 g/mol. The van der Waals surface area contributed by atoms with Crippen LogP contribution in [0.3, 0.4) is 0 Å². The Morgan fingerprint density at radius 3 is 2.84 bits per heavy atom. The average Bonchev–Trinajstić information content (AvgIpc) is 3.01. The van der Waals surface area contributed by atoms with Crippen molar-refractivity contribution in [3.05, 3.63) is 21.9 Å². The fraction of sp³-hybridized carbons (Fsp3) is 0.417. The lowest BCUT2D eigenvalue weighted by Crippen LogP contribution is -2.49. The molecule has 1 spiro atoms. The summed E-state index contributed by atoms with van der Waals surface area (Å²) in [6.45, 7) is 2.60. The molecule has 1 unspecified atom stereocenters. The Kier molecular flexibility index (Phi) is 2.60. The molecule has 1 aromatic rings. The van der Waals surface area contributed by atoms with Crippen LogP contribution < -0.4 is 10.6 Å². The molecule has 100 valence electrons. The van der Waals surface area contributed by atoms with Crippen LogP contribution in [0.25, 0.3) is 0 Å². The van der Waals surface area contributed by atoms with Gasteiger partial charge in [0, 0.05) is 6.54 Å². The number of likely N-dealkylation sites (tertiary alicyclic amines) is 1. The van der Waals surface area contributed by atoms with E-state index in [1.54, 1.807) is 4.90 Å². The molecule has 0 saturated carbocycles. The molecule has 4 amide bonds. The zero-order valence-electron chi connectivity index (χ0n) is 10.4. The van der Waals surface area contributed by atoms with Crippen molar-refractivity contribution in [2.45, 2.75) is 18.9 Å². The van der Waals surface area contributed by atoms with Crippen LogP contribution in [0.15, 0.2) is 11.4 Å². The molecule has 2 saturated heterocycles. The van der Waals surface area contributed by atoms with E-state index in [-0.39, 0.29) is 18.4 Å². The molecule has 0 aromatic carbocycles. The summed E-state index contributed by atoms with van der Waals surface area (Å²) in [4.78, 5) is 37.7. The number of thiophene rings is 1. The third kappa shape index (κ3) is 1.81. The van der Waals surface area contributed by atoms with Gasteiger partial charge in [0.15, 0.2) is 0 Å². The van der Waals surface area contributed by atoms with E-state index >= 15 is 0 Å². The van der Waals surface area contributed by atoms with Crippen LogP contribution in [0, 0.1) is 6.92 Å². The number of rotatable bonds is 1. The van der Waals surface area contributed by atoms with Gasteiger partial charge in [0.1, 0.15) is 5.54 Å². The standard InChI is InChI=1S/C12H13N3O3S/c1-7-2-5-19-8(7)9(16)15-4-3-12(6-15)10(17)13-11(18)14-12/h2,5H,3-4,6H2,1H3,(H2,13,14,17,18). The van der Waals surface area contributed by atoms with Crippen molar-refractivity contribution in [2.75, 3.05) is 13.1 Å². The maximum absolute atomic E-state index is 12.3. The summed E-state index contributed by atoms with van der Waals surface area (Å²) >= 11 is 1.40. The number of amides is 4. The van der Waals surface area contributed by atoms with Gasteiger partial charge in [0.2, 0.25) is 0 Å². The molecule has 6 nitrogen and oxygen atoms in total. The second kappa shape index (κ2) is 4.06. The monoisotopic (exact) mass is 279 g/mol. The maximum atomic E-state index is 12.3. The smallest absolute Gasteiger partial charge is 0.322 e. The first kappa shape index (κ1) is 12.2. The van der Waals surface area contributed by atoms with Gasteiger partial charge in [0.25, 0.3) is 11.8 Å². The third-order valence-corrected chi connectivity index (χ3v) is 4.63. The molecule has 0 bridgehead atoms. The molecule has 2 fully saturated rings. The molecule has 0 aliphatic carbocycles. The van der Waals surface area contributed by atoms with E-state index in [1.807, 2.05) is 18.4 Å². The molecule has 2 N–H and O–H groups in total. The highest BCUT2D eigenvalue weighted by Crippen LogP contribution is 2.27. The van der Waals surface area contributed by atoms with Crippen molar-refractivity contribution in [3.8, 4) is 0 Å². The van der Waals surface area contributed by atoms with Gasteiger partial charge in [0.05, 0.1) is 11.4 Å². The second-order valence-electron chi connectivity index (χ2n) is 4.90. The first-order chi connectivity index (χ1) is 9.02. The number of hydrogen-bond acceptors (Lipinski definition) is 4. The predicted octanol–water partition coefficient (Wildman–Crippen LogP) is 0.481. The lowest BCUT2D eigenvalue weighted by atomic mass is 9.99. The average molecular weight is 279 g/mol. The van der Waals surface area contributed by atoms with Gasteiger partial charge in [-0.1, -0.05) is 0 Å². The van der Waals surface area contributed by atoms with E-state index < -0.39 is 11.6 Å². The van der Waals surface area contributed by atoms with Crippen LogP contribution in [-0.2, 0) is 4.79 Å². The number of hydrogen-bond donors (Lipinski definition) is 2. The minimum absolute atomic E-state index is 0.0710. The van der Waals surface area contributed by atoms with Gasteiger partial charge in [-0.05, 0) is 30.4 Å². The number of imide groups is 1. The van der Waals surface area contributed by atoms with Gasteiger partial charge >= 0.3 is 6.03 Å². The van der Waals surface area contributed by atoms with E-state index in [2.05, 4.69) is 10.6 Å². The summed E-state index contributed by atoms with van der Waals surface area (Å²) < 4.78 is 0. The number of carbonyl (C=O) groups is 3. The summed E-state index contributed by atoms with van der Waals surface area (Å²) in [5, 5.41) is 6.74. The lowest BCUT2D eigenvalue weighted by Gasteiger charge is -2.20. The zero-order valence-corrected chi connectivity index (χ0v) is 11.2. The molecule has 19 heavy (non-hydrogen) atoms. The number of urea groups is 1. The van der Waals surface area contributed by atoms with Gasteiger partial charge in [-0.2, -0.15) is 0 Å². The topological polar surface area (TPSA) is 78.5 Å². The molecular formula is C12H13N3O3S. The molecule has 3 heterocycles. The second-order valence-corrected chi connectivity index (χ2v) is 5.82. The van der Waals surface area contributed by atoms with E-state index in [0.717, 1.165) is 5.56 Å². The fourth-order valence-corrected chi connectivity index (χ4v) is 3.43. The Hall–Kier alpha value is -1.89. The summed E-state index contributed by atoms with van der Waals surface area (Å²) in [5.74, 6) is -0.408. The van der Waals surface area contributed by atoms with Crippen molar-refractivity contribution in [2.24, 2.45) is 0 Å². The van der Waals surface area contributed by atoms with Crippen molar-refractivity contribution in [1.82, 2.24) is 15.5 Å². The van der Waals surface area contributed by atoms with E-state index in [9.17, 15) is 14.4 Å². The maximum Gasteiger partial charge on any atom is 0.322 e. The Labute approximate surface area is 113 Å². The molecule has 7 heteroatoms. The van der Waals surface area contributed by atoms with Crippen LogP contribution >= 0.6 is 11.3 Å². The predicted molar refractivity (Wildman–Crippen MR) is 69.0 cm³/mol. The molecule has 3 rings (SSSR count). The number of nitrogens with one attached hydrogen (secondary N) is 2. The first-order valence-corrected chi connectivity index (χ1v) is 6.87. The number of carbonyl (C=O) groups excluding carboxylic acids is 3. The van der Waals surface area contributed by atoms with Crippen LogP contribution in [0.2, 0.25) is 0 Å².